The quantitative estimate of drug-likeness (QED) is 0.897. The van der Waals surface area contributed by atoms with Gasteiger partial charge in [-0.15, -0.1) is 5.10 Å². The van der Waals surface area contributed by atoms with Crippen molar-refractivity contribution < 1.29 is 4.79 Å². The number of anilines is 1. The van der Waals surface area contributed by atoms with Crippen molar-refractivity contribution in [2.45, 2.75) is 39.3 Å². The Balaban J connectivity index is 1.58. The number of amides is 1. The number of rotatable bonds is 5. The Morgan fingerprint density at radius 2 is 2.25 bits per heavy atom. The van der Waals surface area contributed by atoms with Crippen molar-refractivity contribution in [2.75, 3.05) is 32.0 Å². The summed E-state index contributed by atoms with van der Waals surface area (Å²) in [6.45, 7) is 8.16. The summed E-state index contributed by atoms with van der Waals surface area (Å²) in [5, 5.41) is 7.97. The van der Waals surface area contributed by atoms with E-state index < -0.39 is 0 Å². The highest BCUT2D eigenvalue weighted by Gasteiger charge is 2.27. The monoisotopic (exact) mass is 330 g/mol. The van der Waals surface area contributed by atoms with E-state index in [4.69, 9.17) is 0 Å². The molecule has 24 heavy (non-hydrogen) atoms. The molecular weight excluding hydrogens is 304 g/mol. The molecule has 0 spiro atoms. The van der Waals surface area contributed by atoms with Crippen molar-refractivity contribution in [3.05, 3.63) is 24.0 Å². The fraction of sp³-hybridized carbons (Fsp3) is 0.588. The lowest BCUT2D eigenvalue weighted by molar-refractivity contribution is -0.131. The Kier molecular flexibility index (Phi) is 4.71. The van der Waals surface area contributed by atoms with Gasteiger partial charge < -0.3 is 10.2 Å². The first-order valence-corrected chi connectivity index (χ1v) is 8.50. The minimum atomic E-state index is 0.198. The molecule has 1 saturated heterocycles. The minimum absolute atomic E-state index is 0.198. The Morgan fingerprint density at radius 3 is 3.00 bits per heavy atom. The van der Waals surface area contributed by atoms with Crippen LogP contribution >= 0.6 is 0 Å². The van der Waals surface area contributed by atoms with Crippen LogP contribution in [0.5, 0.6) is 0 Å². The largest absolute Gasteiger partial charge is 0.364 e. The van der Waals surface area contributed by atoms with E-state index in [1.807, 2.05) is 37.2 Å². The summed E-state index contributed by atoms with van der Waals surface area (Å²) in [5.41, 5.74) is 1.80. The van der Waals surface area contributed by atoms with E-state index in [0.29, 0.717) is 12.6 Å². The molecule has 1 aliphatic rings. The maximum absolute atomic E-state index is 12.4. The number of nitrogens with zero attached hydrogens (tertiary/aromatic N) is 5. The number of imidazole rings is 1. The lowest BCUT2D eigenvalue weighted by Gasteiger charge is -2.24. The molecule has 0 saturated carbocycles. The molecule has 3 heterocycles. The van der Waals surface area contributed by atoms with Gasteiger partial charge >= 0.3 is 0 Å². The van der Waals surface area contributed by atoms with E-state index in [2.05, 4.69) is 34.1 Å². The summed E-state index contributed by atoms with van der Waals surface area (Å²) < 4.78 is 1.78. The third-order valence-corrected chi connectivity index (χ3v) is 4.60. The summed E-state index contributed by atoms with van der Waals surface area (Å²) in [5.74, 6) is 1.02. The molecule has 2 aromatic rings. The first-order chi connectivity index (χ1) is 11.4. The average Bonchev–Trinajstić information content (AvgIpc) is 3.12. The molecule has 130 valence electrons. The number of aromatic nitrogens is 3. The van der Waals surface area contributed by atoms with Crippen LogP contribution < -0.4 is 5.32 Å². The second-order valence-electron chi connectivity index (χ2n) is 6.88. The number of aryl methyl sites for hydroxylation is 1. The number of fused-ring (bicyclic) bond motifs is 1. The van der Waals surface area contributed by atoms with Crippen molar-refractivity contribution in [1.82, 2.24) is 24.4 Å². The Labute approximate surface area is 142 Å². The van der Waals surface area contributed by atoms with Crippen LogP contribution in [0.4, 0.5) is 5.82 Å². The Morgan fingerprint density at radius 1 is 1.46 bits per heavy atom. The number of hydrogen-bond donors (Lipinski definition) is 1. The van der Waals surface area contributed by atoms with Crippen LogP contribution in [-0.2, 0) is 4.79 Å². The predicted molar refractivity (Wildman–Crippen MR) is 94.1 cm³/mol. The van der Waals surface area contributed by atoms with Gasteiger partial charge in [0.2, 0.25) is 5.91 Å². The zero-order chi connectivity index (χ0) is 17.3. The fourth-order valence-corrected chi connectivity index (χ4v) is 2.89. The molecule has 1 amide bonds. The molecule has 0 aromatic carbocycles. The van der Waals surface area contributed by atoms with Gasteiger partial charge in [0.05, 0.1) is 18.4 Å². The summed E-state index contributed by atoms with van der Waals surface area (Å²) in [4.78, 5) is 20.8. The maximum Gasteiger partial charge on any atom is 0.236 e. The SMILES string of the molecule is Cc1cn2nc(NC3CCN(C(=O)CN(C)C(C)C)C3)ccc2n1. The Bertz CT molecular complexity index is 725. The first-order valence-electron chi connectivity index (χ1n) is 8.50. The van der Waals surface area contributed by atoms with Crippen molar-refractivity contribution in [1.29, 1.82) is 0 Å². The van der Waals surface area contributed by atoms with Gasteiger partial charge in [0.25, 0.3) is 0 Å². The van der Waals surface area contributed by atoms with Crippen LogP contribution in [0.25, 0.3) is 5.65 Å². The van der Waals surface area contributed by atoms with Crippen molar-refractivity contribution >= 4 is 17.4 Å². The smallest absolute Gasteiger partial charge is 0.236 e. The highest BCUT2D eigenvalue weighted by molar-refractivity contribution is 5.78. The van der Waals surface area contributed by atoms with Crippen molar-refractivity contribution in [3.63, 3.8) is 0 Å². The molecule has 2 aromatic heterocycles. The third kappa shape index (κ3) is 3.67. The van der Waals surface area contributed by atoms with Gasteiger partial charge in [0.1, 0.15) is 5.82 Å². The van der Waals surface area contributed by atoms with Crippen LogP contribution in [0, 0.1) is 6.92 Å². The third-order valence-electron chi connectivity index (χ3n) is 4.60. The number of hydrogen-bond acceptors (Lipinski definition) is 5. The van der Waals surface area contributed by atoms with E-state index in [0.717, 1.165) is 36.7 Å². The molecule has 0 radical (unpaired) electrons. The molecule has 1 atom stereocenters. The summed E-state index contributed by atoms with van der Waals surface area (Å²) in [6.07, 6.45) is 2.85. The van der Waals surface area contributed by atoms with Crippen LogP contribution in [0.15, 0.2) is 18.3 Å². The van der Waals surface area contributed by atoms with Gasteiger partial charge in [-0.25, -0.2) is 9.50 Å². The van der Waals surface area contributed by atoms with E-state index in [1.54, 1.807) is 4.52 Å². The zero-order valence-corrected chi connectivity index (χ0v) is 14.9. The highest BCUT2D eigenvalue weighted by Crippen LogP contribution is 2.15. The lowest BCUT2D eigenvalue weighted by atomic mass is 10.2. The van der Waals surface area contributed by atoms with Gasteiger partial charge in [-0.05, 0) is 46.4 Å². The van der Waals surface area contributed by atoms with E-state index in [-0.39, 0.29) is 11.9 Å². The molecule has 0 bridgehead atoms. The molecule has 1 fully saturated rings. The molecular formula is C17H26N6O. The molecule has 7 heteroatoms. The summed E-state index contributed by atoms with van der Waals surface area (Å²) in [7, 11) is 1.99. The maximum atomic E-state index is 12.4. The first kappa shape index (κ1) is 16.7. The van der Waals surface area contributed by atoms with E-state index in [9.17, 15) is 4.79 Å². The molecule has 7 nitrogen and oxygen atoms in total. The summed E-state index contributed by atoms with van der Waals surface area (Å²) >= 11 is 0. The number of nitrogens with one attached hydrogen (secondary N) is 1. The topological polar surface area (TPSA) is 65.8 Å². The number of carbonyl (C=O) groups is 1. The van der Waals surface area contributed by atoms with E-state index in [1.165, 1.54) is 0 Å². The van der Waals surface area contributed by atoms with Crippen LogP contribution in [0.1, 0.15) is 26.0 Å². The molecule has 0 aliphatic carbocycles. The van der Waals surface area contributed by atoms with Gasteiger partial charge in [-0.2, -0.15) is 0 Å². The fourth-order valence-electron chi connectivity index (χ4n) is 2.89. The van der Waals surface area contributed by atoms with Crippen molar-refractivity contribution in [3.8, 4) is 0 Å². The van der Waals surface area contributed by atoms with Crippen LogP contribution in [0.2, 0.25) is 0 Å². The number of likely N-dealkylation sites (N-methyl/N-ethyl adjacent to an activating group) is 1. The number of likely N-dealkylation sites (tertiary alicyclic amines) is 1. The molecule has 1 unspecified atom stereocenters. The van der Waals surface area contributed by atoms with Gasteiger partial charge in [0.15, 0.2) is 5.65 Å². The standard InChI is InChI=1S/C17H26N6O/c1-12(2)21(4)11-17(24)22-8-7-14(10-22)19-15-5-6-16-18-13(3)9-23(16)20-15/h5-6,9,12,14H,7-8,10-11H2,1-4H3,(H,19,20). The highest BCUT2D eigenvalue weighted by atomic mass is 16.2. The second-order valence-corrected chi connectivity index (χ2v) is 6.88. The minimum Gasteiger partial charge on any atom is -0.364 e. The van der Waals surface area contributed by atoms with E-state index >= 15 is 0 Å². The molecule has 1 N–H and O–H groups in total. The number of carbonyl (C=O) groups excluding carboxylic acids is 1. The van der Waals surface area contributed by atoms with Crippen molar-refractivity contribution in [2.24, 2.45) is 0 Å². The summed E-state index contributed by atoms with van der Waals surface area (Å²) in [6, 6.07) is 4.52. The molecule has 1 aliphatic heterocycles. The van der Waals surface area contributed by atoms with Gasteiger partial charge in [-0.3, -0.25) is 9.69 Å². The normalized spacial score (nSPS) is 18.1. The van der Waals surface area contributed by atoms with Gasteiger partial charge in [-0.1, -0.05) is 0 Å². The second kappa shape index (κ2) is 6.76. The predicted octanol–water partition coefficient (Wildman–Crippen LogP) is 1.39. The lowest BCUT2D eigenvalue weighted by Crippen LogP contribution is -2.41. The van der Waals surface area contributed by atoms with Gasteiger partial charge in [0, 0.05) is 25.2 Å². The van der Waals surface area contributed by atoms with Crippen LogP contribution in [0.3, 0.4) is 0 Å². The molecule has 3 rings (SSSR count). The zero-order valence-electron chi connectivity index (χ0n) is 14.9. The van der Waals surface area contributed by atoms with Crippen LogP contribution in [-0.4, -0.2) is 69.1 Å². The Hall–Kier alpha value is -2.15. The average molecular weight is 330 g/mol.